The minimum Gasteiger partial charge on any atom is -0.313 e. The number of sulfonamides is 1. The van der Waals surface area contributed by atoms with Crippen LogP contribution in [0.3, 0.4) is 0 Å². The predicted molar refractivity (Wildman–Crippen MR) is 75.6 cm³/mol. The third-order valence-electron chi connectivity index (χ3n) is 3.22. The third-order valence-corrected chi connectivity index (χ3v) is 6.22. The van der Waals surface area contributed by atoms with Gasteiger partial charge in [-0.15, -0.1) is 12.4 Å². The van der Waals surface area contributed by atoms with Gasteiger partial charge >= 0.3 is 0 Å². The molecule has 0 aliphatic carbocycles. The second kappa shape index (κ2) is 7.19. The van der Waals surface area contributed by atoms with Crippen LogP contribution in [0.25, 0.3) is 0 Å². The van der Waals surface area contributed by atoms with E-state index in [1.54, 1.807) is 4.31 Å². The summed E-state index contributed by atoms with van der Waals surface area (Å²) < 4.78 is 24.7. The van der Waals surface area contributed by atoms with Crippen molar-refractivity contribution in [2.45, 2.75) is 25.3 Å². The van der Waals surface area contributed by atoms with Gasteiger partial charge in [0.1, 0.15) is 0 Å². The molecule has 2 aliphatic rings. The van der Waals surface area contributed by atoms with Crippen LogP contribution in [0.15, 0.2) is 0 Å². The lowest BCUT2D eigenvalue weighted by Crippen LogP contribution is -2.39. The molecular formula is C10H21ClN2O2S2. The normalized spacial score (nSPS) is 25.6. The summed E-state index contributed by atoms with van der Waals surface area (Å²) in [5, 5.41) is 3.47. The summed E-state index contributed by atoms with van der Waals surface area (Å²) in [6.45, 7) is 2.16. The number of nitrogens with zero attached hydrogens (tertiary/aromatic N) is 1. The Bertz CT molecular complexity index is 318. The zero-order chi connectivity index (χ0) is 11.4. The van der Waals surface area contributed by atoms with E-state index in [4.69, 9.17) is 0 Å². The lowest BCUT2D eigenvalue weighted by molar-refractivity contribution is 0.405. The van der Waals surface area contributed by atoms with Crippen LogP contribution < -0.4 is 5.32 Å². The molecule has 2 rings (SSSR count). The first-order valence-corrected chi connectivity index (χ1v) is 8.74. The first-order chi connectivity index (χ1) is 7.68. The van der Waals surface area contributed by atoms with Gasteiger partial charge in [0, 0.05) is 25.7 Å². The molecule has 0 atom stereocenters. The molecule has 0 aromatic heterocycles. The molecule has 0 aromatic rings. The highest BCUT2D eigenvalue weighted by Crippen LogP contribution is 2.17. The average Bonchev–Trinajstić information content (AvgIpc) is 2.60. The Kier molecular flexibility index (Phi) is 6.58. The summed E-state index contributed by atoms with van der Waals surface area (Å²) in [6, 6.07) is 0.603. The molecule has 1 N–H and O–H groups in total. The Morgan fingerprint density at radius 1 is 1.29 bits per heavy atom. The lowest BCUT2D eigenvalue weighted by atomic mass is 10.1. The molecule has 0 amide bonds. The minimum absolute atomic E-state index is 0. The fraction of sp³-hybridized carbons (Fsp3) is 1.00. The van der Waals surface area contributed by atoms with Crippen molar-refractivity contribution in [3.05, 3.63) is 0 Å². The zero-order valence-corrected chi connectivity index (χ0v) is 12.4. The maximum atomic E-state index is 11.5. The Balaban J connectivity index is 0.00000144. The standard InChI is InChI=1S/C10H20N2O2S2.ClH/c13-16(14)9-1-5-12(16)6-4-11-10-2-7-15-8-3-10;/h10-11H,1-9H2;1H. The van der Waals surface area contributed by atoms with Crippen molar-refractivity contribution in [3.63, 3.8) is 0 Å². The van der Waals surface area contributed by atoms with Gasteiger partial charge in [-0.1, -0.05) is 0 Å². The molecule has 0 bridgehead atoms. The molecule has 0 unspecified atom stereocenters. The van der Waals surface area contributed by atoms with Crippen molar-refractivity contribution in [1.29, 1.82) is 0 Å². The molecule has 102 valence electrons. The van der Waals surface area contributed by atoms with Crippen molar-refractivity contribution in [1.82, 2.24) is 9.62 Å². The van der Waals surface area contributed by atoms with E-state index < -0.39 is 10.0 Å². The van der Waals surface area contributed by atoms with Crippen LogP contribution in [-0.4, -0.2) is 55.7 Å². The SMILES string of the molecule is Cl.O=S1(=O)CCCN1CCNC1CCSCC1. The fourth-order valence-corrected chi connectivity index (χ4v) is 4.87. The number of hydrogen-bond donors (Lipinski definition) is 1. The molecule has 2 heterocycles. The van der Waals surface area contributed by atoms with Crippen molar-refractivity contribution in [3.8, 4) is 0 Å². The van der Waals surface area contributed by atoms with E-state index in [1.165, 1.54) is 24.3 Å². The molecule has 4 nitrogen and oxygen atoms in total. The van der Waals surface area contributed by atoms with Crippen molar-refractivity contribution in [2.75, 3.05) is 36.9 Å². The molecule has 7 heteroatoms. The Morgan fingerprint density at radius 2 is 2.00 bits per heavy atom. The predicted octanol–water partition coefficient (Wildman–Crippen LogP) is 0.929. The van der Waals surface area contributed by atoms with Crippen LogP contribution in [0.4, 0.5) is 0 Å². The highest BCUT2D eigenvalue weighted by Gasteiger charge is 2.27. The molecule has 2 saturated heterocycles. The van der Waals surface area contributed by atoms with Gasteiger partial charge in [-0.05, 0) is 30.8 Å². The summed E-state index contributed by atoms with van der Waals surface area (Å²) >= 11 is 2.01. The van der Waals surface area contributed by atoms with Crippen LogP contribution >= 0.6 is 24.2 Å². The topological polar surface area (TPSA) is 49.4 Å². The number of halogens is 1. The smallest absolute Gasteiger partial charge is 0.214 e. The van der Waals surface area contributed by atoms with Gasteiger partial charge < -0.3 is 5.32 Å². The number of rotatable bonds is 4. The van der Waals surface area contributed by atoms with E-state index in [0.717, 1.165) is 13.0 Å². The summed E-state index contributed by atoms with van der Waals surface area (Å²) in [4.78, 5) is 0. The minimum atomic E-state index is -2.90. The third kappa shape index (κ3) is 4.59. The Hall–Kier alpha value is 0.510. The molecule has 2 fully saturated rings. The first kappa shape index (κ1) is 15.6. The summed E-state index contributed by atoms with van der Waals surface area (Å²) in [7, 11) is -2.90. The molecule has 0 saturated carbocycles. The number of thioether (sulfide) groups is 1. The van der Waals surface area contributed by atoms with Crippen LogP contribution in [-0.2, 0) is 10.0 Å². The number of hydrogen-bond acceptors (Lipinski definition) is 4. The average molecular weight is 301 g/mol. The molecule has 0 radical (unpaired) electrons. The number of nitrogens with one attached hydrogen (secondary N) is 1. The van der Waals surface area contributed by atoms with Gasteiger partial charge in [0.15, 0.2) is 0 Å². The van der Waals surface area contributed by atoms with E-state index in [2.05, 4.69) is 5.32 Å². The van der Waals surface area contributed by atoms with E-state index >= 15 is 0 Å². The molecule has 17 heavy (non-hydrogen) atoms. The van der Waals surface area contributed by atoms with Gasteiger partial charge in [-0.3, -0.25) is 0 Å². The molecular weight excluding hydrogens is 280 g/mol. The van der Waals surface area contributed by atoms with E-state index in [9.17, 15) is 8.42 Å². The van der Waals surface area contributed by atoms with Gasteiger partial charge in [0.2, 0.25) is 10.0 Å². The maximum absolute atomic E-state index is 11.5. The molecule has 0 aromatic carbocycles. The van der Waals surface area contributed by atoms with Crippen LogP contribution in [0.2, 0.25) is 0 Å². The fourth-order valence-electron chi connectivity index (χ4n) is 2.24. The van der Waals surface area contributed by atoms with E-state index in [1.807, 2.05) is 11.8 Å². The maximum Gasteiger partial charge on any atom is 0.214 e. The van der Waals surface area contributed by atoms with Crippen molar-refractivity contribution >= 4 is 34.2 Å². The Morgan fingerprint density at radius 3 is 2.59 bits per heavy atom. The largest absolute Gasteiger partial charge is 0.313 e. The van der Waals surface area contributed by atoms with Crippen LogP contribution in [0, 0.1) is 0 Å². The van der Waals surface area contributed by atoms with Crippen LogP contribution in [0.5, 0.6) is 0 Å². The lowest BCUT2D eigenvalue weighted by Gasteiger charge is -2.23. The zero-order valence-electron chi connectivity index (χ0n) is 9.93. The monoisotopic (exact) mass is 300 g/mol. The quantitative estimate of drug-likeness (QED) is 0.839. The Labute approximate surface area is 114 Å². The highest BCUT2D eigenvalue weighted by molar-refractivity contribution is 7.99. The summed E-state index contributed by atoms with van der Waals surface area (Å²) in [6.07, 6.45) is 3.23. The van der Waals surface area contributed by atoms with E-state index in [-0.39, 0.29) is 12.4 Å². The summed E-state index contributed by atoms with van der Waals surface area (Å²) in [5.74, 6) is 2.81. The van der Waals surface area contributed by atoms with Crippen molar-refractivity contribution < 1.29 is 8.42 Å². The van der Waals surface area contributed by atoms with E-state index in [0.29, 0.717) is 24.9 Å². The van der Waals surface area contributed by atoms with Gasteiger partial charge in [0.05, 0.1) is 5.75 Å². The van der Waals surface area contributed by atoms with Gasteiger partial charge in [0.25, 0.3) is 0 Å². The van der Waals surface area contributed by atoms with Crippen molar-refractivity contribution in [2.24, 2.45) is 0 Å². The molecule has 0 spiro atoms. The molecule has 2 aliphatic heterocycles. The second-order valence-corrected chi connectivity index (χ2v) is 7.72. The second-order valence-electron chi connectivity index (χ2n) is 4.41. The van der Waals surface area contributed by atoms with Crippen LogP contribution in [0.1, 0.15) is 19.3 Å². The highest BCUT2D eigenvalue weighted by atomic mass is 35.5. The van der Waals surface area contributed by atoms with Gasteiger partial charge in [-0.2, -0.15) is 11.8 Å². The van der Waals surface area contributed by atoms with Gasteiger partial charge in [-0.25, -0.2) is 12.7 Å². The first-order valence-electron chi connectivity index (χ1n) is 5.97. The summed E-state index contributed by atoms with van der Waals surface area (Å²) in [5.41, 5.74) is 0.